The topological polar surface area (TPSA) is 56.8 Å². The molecule has 0 aliphatic carbocycles. The highest BCUT2D eigenvalue weighted by Crippen LogP contribution is 2.19. The quantitative estimate of drug-likeness (QED) is 0.766. The van der Waals surface area contributed by atoms with E-state index >= 15 is 0 Å². The van der Waals surface area contributed by atoms with Crippen LogP contribution in [-0.2, 0) is 0 Å². The largest absolute Gasteiger partial charge is 0.492 e. The van der Waals surface area contributed by atoms with Crippen LogP contribution >= 0.6 is 0 Å². The third-order valence-corrected chi connectivity index (χ3v) is 4.46. The second kappa shape index (κ2) is 9.23. The Labute approximate surface area is 158 Å². The van der Waals surface area contributed by atoms with Gasteiger partial charge >= 0.3 is 6.03 Å². The summed E-state index contributed by atoms with van der Waals surface area (Å²) in [5, 5.41) is 5.53. The molecule has 0 bridgehead atoms. The first-order valence-corrected chi connectivity index (χ1v) is 9.07. The summed E-state index contributed by atoms with van der Waals surface area (Å²) in [6.07, 6.45) is 0. The lowest BCUT2D eigenvalue weighted by Gasteiger charge is -2.34. The first-order chi connectivity index (χ1) is 13.1. The number of hydrogen-bond acceptors (Lipinski definition) is 4. The molecule has 2 aromatic rings. The number of benzene rings is 2. The van der Waals surface area contributed by atoms with Crippen molar-refractivity contribution in [1.29, 1.82) is 0 Å². The van der Waals surface area contributed by atoms with Gasteiger partial charge in [0.05, 0.1) is 6.54 Å². The van der Waals surface area contributed by atoms with Crippen LogP contribution in [0.5, 0.6) is 5.75 Å². The molecular formula is C20H25FN4O2. The van der Waals surface area contributed by atoms with Crippen LogP contribution in [0.1, 0.15) is 0 Å². The van der Waals surface area contributed by atoms with Gasteiger partial charge in [0.2, 0.25) is 0 Å². The predicted octanol–water partition coefficient (Wildman–Crippen LogP) is 2.78. The molecule has 0 aromatic heterocycles. The van der Waals surface area contributed by atoms with E-state index in [1.165, 1.54) is 17.8 Å². The number of urea groups is 1. The molecule has 6 nitrogen and oxygen atoms in total. The van der Waals surface area contributed by atoms with Gasteiger partial charge in [-0.1, -0.05) is 0 Å². The Balaban J connectivity index is 1.38. The van der Waals surface area contributed by atoms with Crippen molar-refractivity contribution in [3.05, 3.63) is 54.3 Å². The van der Waals surface area contributed by atoms with Crippen molar-refractivity contribution in [3.8, 4) is 5.75 Å². The van der Waals surface area contributed by atoms with E-state index in [0.29, 0.717) is 18.9 Å². The monoisotopic (exact) mass is 372 g/mol. The maximum Gasteiger partial charge on any atom is 0.319 e. The fourth-order valence-electron chi connectivity index (χ4n) is 2.86. The zero-order chi connectivity index (χ0) is 19.1. The molecule has 1 aliphatic heterocycles. The number of anilines is 2. The summed E-state index contributed by atoms with van der Waals surface area (Å²) in [7, 11) is 2.13. The number of nitrogens with zero attached hydrogens (tertiary/aromatic N) is 2. The number of nitrogens with one attached hydrogen (secondary N) is 2. The van der Waals surface area contributed by atoms with Crippen LogP contribution in [0.3, 0.4) is 0 Å². The molecular weight excluding hydrogens is 347 g/mol. The van der Waals surface area contributed by atoms with Gasteiger partial charge in [0.1, 0.15) is 18.2 Å². The Morgan fingerprint density at radius 3 is 2.37 bits per heavy atom. The molecule has 0 radical (unpaired) electrons. The molecule has 0 saturated carbocycles. The van der Waals surface area contributed by atoms with Gasteiger partial charge in [0, 0.05) is 37.6 Å². The number of amides is 2. The number of rotatable bonds is 6. The number of halogens is 1. The summed E-state index contributed by atoms with van der Waals surface area (Å²) in [5.41, 5.74) is 1.91. The molecule has 1 saturated heterocycles. The maximum atomic E-state index is 12.8. The van der Waals surface area contributed by atoms with Crippen LogP contribution in [0.2, 0.25) is 0 Å². The van der Waals surface area contributed by atoms with Crippen LogP contribution in [0, 0.1) is 5.82 Å². The fraction of sp³-hybridized carbons (Fsp3) is 0.350. The first-order valence-electron chi connectivity index (χ1n) is 9.07. The summed E-state index contributed by atoms with van der Waals surface area (Å²) < 4.78 is 18.2. The molecule has 0 spiro atoms. The second-order valence-electron chi connectivity index (χ2n) is 6.52. The predicted molar refractivity (Wildman–Crippen MR) is 105 cm³/mol. The van der Waals surface area contributed by atoms with E-state index in [1.807, 2.05) is 24.3 Å². The minimum atomic E-state index is -0.307. The average molecular weight is 372 g/mol. The van der Waals surface area contributed by atoms with E-state index in [9.17, 15) is 9.18 Å². The van der Waals surface area contributed by atoms with Crippen molar-refractivity contribution in [2.45, 2.75) is 0 Å². The number of ether oxygens (including phenoxy) is 1. The fourth-order valence-corrected chi connectivity index (χ4v) is 2.86. The normalized spacial score (nSPS) is 14.7. The molecule has 3 rings (SSSR count). The van der Waals surface area contributed by atoms with Crippen molar-refractivity contribution in [1.82, 2.24) is 10.2 Å². The molecule has 2 N–H and O–H groups in total. The lowest BCUT2D eigenvalue weighted by atomic mass is 10.2. The minimum absolute atomic E-state index is 0.287. The SMILES string of the molecule is CN1CCN(c2ccc(NC(=O)NCCOc3ccc(F)cc3)cc2)CC1. The number of hydrogen-bond donors (Lipinski definition) is 2. The van der Waals surface area contributed by atoms with Gasteiger partial charge in [-0.2, -0.15) is 0 Å². The first kappa shape index (κ1) is 19.0. The number of carbonyl (C=O) groups is 1. The van der Waals surface area contributed by atoms with Gasteiger partial charge in [-0.05, 0) is 55.6 Å². The van der Waals surface area contributed by atoms with Crippen molar-refractivity contribution >= 4 is 17.4 Å². The van der Waals surface area contributed by atoms with Crippen LogP contribution in [0.25, 0.3) is 0 Å². The molecule has 1 aliphatic rings. The van der Waals surface area contributed by atoms with Crippen molar-refractivity contribution < 1.29 is 13.9 Å². The molecule has 7 heteroatoms. The highest BCUT2D eigenvalue weighted by Gasteiger charge is 2.14. The second-order valence-corrected chi connectivity index (χ2v) is 6.52. The number of carbonyl (C=O) groups excluding carboxylic acids is 1. The van der Waals surface area contributed by atoms with Gasteiger partial charge in [0.25, 0.3) is 0 Å². The molecule has 144 valence electrons. The number of piperazine rings is 1. The Morgan fingerprint density at radius 1 is 1.04 bits per heavy atom. The van der Waals surface area contributed by atoms with E-state index in [0.717, 1.165) is 31.9 Å². The summed E-state index contributed by atoms with van der Waals surface area (Å²) >= 11 is 0. The summed E-state index contributed by atoms with van der Waals surface area (Å²) in [5.74, 6) is 0.261. The zero-order valence-corrected chi connectivity index (χ0v) is 15.5. The third kappa shape index (κ3) is 5.86. The maximum absolute atomic E-state index is 12.8. The van der Waals surface area contributed by atoms with E-state index in [1.54, 1.807) is 12.1 Å². The Kier molecular flexibility index (Phi) is 6.49. The Hall–Kier alpha value is -2.80. The van der Waals surface area contributed by atoms with E-state index in [4.69, 9.17) is 4.74 Å². The zero-order valence-electron chi connectivity index (χ0n) is 15.5. The van der Waals surface area contributed by atoms with Crippen molar-refractivity contribution in [3.63, 3.8) is 0 Å². The molecule has 0 atom stereocenters. The molecule has 2 aromatic carbocycles. The van der Waals surface area contributed by atoms with Gasteiger partial charge in [0.15, 0.2) is 0 Å². The summed E-state index contributed by atoms with van der Waals surface area (Å²) in [6.45, 7) is 4.80. The smallest absolute Gasteiger partial charge is 0.319 e. The summed E-state index contributed by atoms with van der Waals surface area (Å²) in [6, 6.07) is 13.4. The lowest BCUT2D eigenvalue weighted by molar-refractivity contribution is 0.247. The molecule has 2 amide bonds. The van der Waals surface area contributed by atoms with Crippen molar-refractivity contribution in [2.75, 3.05) is 56.6 Å². The summed E-state index contributed by atoms with van der Waals surface area (Å²) in [4.78, 5) is 16.6. The number of likely N-dealkylation sites (N-methyl/N-ethyl adjacent to an activating group) is 1. The molecule has 1 fully saturated rings. The van der Waals surface area contributed by atoms with Crippen LogP contribution in [-0.4, -0.2) is 57.3 Å². The standard InChI is InChI=1S/C20H25FN4O2/c1-24-11-13-25(14-12-24)18-6-4-17(5-7-18)23-20(26)22-10-15-27-19-8-2-16(21)3-9-19/h2-9H,10-15H2,1H3,(H2,22,23,26). The Bertz CT molecular complexity index is 729. The molecule has 0 unspecified atom stereocenters. The average Bonchev–Trinajstić information content (AvgIpc) is 2.68. The van der Waals surface area contributed by atoms with Gasteiger partial charge in [-0.15, -0.1) is 0 Å². The van der Waals surface area contributed by atoms with Crippen LogP contribution in [0.15, 0.2) is 48.5 Å². The van der Waals surface area contributed by atoms with E-state index < -0.39 is 0 Å². The lowest BCUT2D eigenvalue weighted by Crippen LogP contribution is -2.44. The van der Waals surface area contributed by atoms with Gasteiger partial charge < -0.3 is 25.2 Å². The highest BCUT2D eigenvalue weighted by molar-refractivity contribution is 5.89. The van der Waals surface area contributed by atoms with Crippen LogP contribution in [0.4, 0.5) is 20.6 Å². The minimum Gasteiger partial charge on any atom is -0.492 e. The third-order valence-electron chi connectivity index (χ3n) is 4.46. The highest BCUT2D eigenvalue weighted by atomic mass is 19.1. The molecule has 27 heavy (non-hydrogen) atoms. The van der Waals surface area contributed by atoms with E-state index in [2.05, 4.69) is 27.5 Å². The van der Waals surface area contributed by atoms with Gasteiger partial charge in [-0.3, -0.25) is 0 Å². The van der Waals surface area contributed by atoms with E-state index in [-0.39, 0.29) is 11.8 Å². The van der Waals surface area contributed by atoms with Crippen LogP contribution < -0.4 is 20.3 Å². The molecule has 1 heterocycles. The van der Waals surface area contributed by atoms with Gasteiger partial charge in [-0.25, -0.2) is 9.18 Å². The Morgan fingerprint density at radius 2 is 1.70 bits per heavy atom. The van der Waals surface area contributed by atoms with Crippen molar-refractivity contribution in [2.24, 2.45) is 0 Å².